The molecule has 2 rings (SSSR count). The van der Waals surface area contributed by atoms with Crippen molar-refractivity contribution < 1.29 is 4.79 Å². The minimum atomic E-state index is 0.195. The van der Waals surface area contributed by atoms with Crippen LogP contribution in [-0.4, -0.2) is 72.5 Å². The Morgan fingerprint density at radius 3 is 2.59 bits per heavy atom. The first kappa shape index (κ1) is 23.6. The van der Waals surface area contributed by atoms with Crippen molar-refractivity contribution in [3.05, 3.63) is 16.1 Å². The van der Waals surface area contributed by atoms with E-state index in [4.69, 9.17) is 4.99 Å². The predicted molar refractivity (Wildman–Crippen MR) is 121 cm³/mol. The number of aromatic nitrogens is 1. The maximum Gasteiger partial charge on any atom is 0.224 e. The number of guanidine groups is 1. The molecule has 29 heavy (non-hydrogen) atoms. The SMILES string of the molecule is CCNC(=NCC1CCN(Cc2csc(C)n2)CC1)NCCC(=O)N(CC)CC. The highest BCUT2D eigenvalue weighted by Crippen LogP contribution is 2.20. The van der Waals surface area contributed by atoms with Gasteiger partial charge in [0.25, 0.3) is 0 Å². The van der Waals surface area contributed by atoms with Crippen LogP contribution in [0.2, 0.25) is 0 Å². The number of hydrogen-bond acceptors (Lipinski definition) is 5. The third-order valence-corrected chi connectivity index (χ3v) is 6.18. The van der Waals surface area contributed by atoms with Crippen molar-refractivity contribution in [1.29, 1.82) is 0 Å². The number of aryl methyl sites for hydroxylation is 1. The number of aliphatic imine (C=N–C) groups is 1. The molecule has 0 spiro atoms. The van der Waals surface area contributed by atoms with E-state index in [0.29, 0.717) is 18.9 Å². The van der Waals surface area contributed by atoms with Gasteiger partial charge in [-0.25, -0.2) is 4.98 Å². The van der Waals surface area contributed by atoms with Gasteiger partial charge in [0.15, 0.2) is 5.96 Å². The quantitative estimate of drug-likeness (QED) is 0.448. The number of likely N-dealkylation sites (tertiary alicyclic amines) is 1. The van der Waals surface area contributed by atoms with Gasteiger partial charge in [-0.15, -0.1) is 11.3 Å². The highest BCUT2D eigenvalue weighted by Gasteiger charge is 2.20. The average Bonchev–Trinajstić information content (AvgIpc) is 3.12. The summed E-state index contributed by atoms with van der Waals surface area (Å²) < 4.78 is 0. The smallest absolute Gasteiger partial charge is 0.224 e. The summed E-state index contributed by atoms with van der Waals surface area (Å²) in [5, 5.41) is 9.92. The van der Waals surface area contributed by atoms with Gasteiger partial charge in [-0.1, -0.05) is 0 Å². The number of nitrogens with zero attached hydrogens (tertiary/aromatic N) is 4. The Bertz CT molecular complexity index is 635. The molecular formula is C21H38N6OS. The number of carbonyl (C=O) groups is 1. The minimum absolute atomic E-state index is 0.195. The van der Waals surface area contributed by atoms with Crippen LogP contribution in [0.4, 0.5) is 0 Å². The average molecular weight is 423 g/mol. The molecule has 1 aliphatic rings. The Balaban J connectivity index is 1.72. The third-order valence-electron chi connectivity index (χ3n) is 5.36. The van der Waals surface area contributed by atoms with E-state index in [2.05, 4.69) is 39.7 Å². The highest BCUT2D eigenvalue weighted by molar-refractivity contribution is 7.09. The molecule has 2 heterocycles. The Labute approximate surface area is 180 Å². The summed E-state index contributed by atoms with van der Waals surface area (Å²) in [6, 6.07) is 0. The molecule has 0 bridgehead atoms. The van der Waals surface area contributed by atoms with E-state index >= 15 is 0 Å². The molecule has 1 aromatic rings. The molecule has 1 fully saturated rings. The zero-order valence-electron chi connectivity index (χ0n) is 18.5. The molecule has 7 nitrogen and oxygen atoms in total. The van der Waals surface area contributed by atoms with Crippen LogP contribution in [-0.2, 0) is 11.3 Å². The molecule has 2 N–H and O–H groups in total. The monoisotopic (exact) mass is 422 g/mol. The van der Waals surface area contributed by atoms with Crippen LogP contribution in [0, 0.1) is 12.8 Å². The van der Waals surface area contributed by atoms with Crippen molar-refractivity contribution in [3.63, 3.8) is 0 Å². The fourth-order valence-electron chi connectivity index (χ4n) is 3.62. The molecule has 1 saturated heterocycles. The zero-order chi connectivity index (χ0) is 21.1. The standard InChI is InChI=1S/C21H38N6OS/c1-5-22-21(23-11-8-20(28)27(6-2)7-3)24-14-18-9-12-26(13-10-18)15-19-16-29-17(4)25-19/h16,18H,5-15H2,1-4H3,(H2,22,23,24). The van der Waals surface area contributed by atoms with Crippen molar-refractivity contribution in [2.75, 3.05) is 45.8 Å². The number of amides is 1. The van der Waals surface area contributed by atoms with E-state index in [0.717, 1.165) is 56.8 Å². The number of thiazole rings is 1. The number of carbonyl (C=O) groups excluding carboxylic acids is 1. The topological polar surface area (TPSA) is 72.9 Å². The number of piperidine rings is 1. The first-order chi connectivity index (χ1) is 14.0. The first-order valence-electron chi connectivity index (χ1n) is 11.0. The molecule has 1 aromatic heterocycles. The zero-order valence-corrected chi connectivity index (χ0v) is 19.4. The van der Waals surface area contributed by atoms with Crippen LogP contribution in [0.5, 0.6) is 0 Å². The minimum Gasteiger partial charge on any atom is -0.357 e. The van der Waals surface area contributed by atoms with E-state index in [1.807, 2.05) is 18.7 Å². The van der Waals surface area contributed by atoms with Crippen molar-refractivity contribution in [2.45, 2.75) is 53.5 Å². The number of nitrogens with one attached hydrogen (secondary N) is 2. The van der Waals surface area contributed by atoms with Crippen molar-refractivity contribution in [1.82, 2.24) is 25.4 Å². The molecule has 1 amide bonds. The normalized spacial score (nSPS) is 16.1. The Kier molecular flexibility index (Phi) is 10.4. The van der Waals surface area contributed by atoms with Crippen LogP contribution in [0.1, 0.15) is 50.7 Å². The molecule has 0 radical (unpaired) electrons. The summed E-state index contributed by atoms with van der Waals surface area (Å²) in [4.78, 5) is 25.8. The molecule has 0 aliphatic carbocycles. The number of rotatable bonds is 10. The van der Waals surface area contributed by atoms with E-state index in [1.54, 1.807) is 11.3 Å². The summed E-state index contributed by atoms with van der Waals surface area (Å²) in [5.74, 6) is 1.64. The van der Waals surface area contributed by atoms with E-state index in [1.165, 1.54) is 18.5 Å². The lowest BCUT2D eigenvalue weighted by atomic mass is 9.97. The van der Waals surface area contributed by atoms with Gasteiger partial charge in [-0.05, 0) is 59.5 Å². The van der Waals surface area contributed by atoms with Crippen LogP contribution in [0.3, 0.4) is 0 Å². The second-order valence-corrected chi connectivity index (χ2v) is 8.60. The summed E-state index contributed by atoms with van der Waals surface area (Å²) in [6.45, 7) is 15.2. The third kappa shape index (κ3) is 8.30. The van der Waals surface area contributed by atoms with Crippen molar-refractivity contribution in [3.8, 4) is 0 Å². The lowest BCUT2D eigenvalue weighted by Crippen LogP contribution is -2.40. The second kappa shape index (κ2) is 12.8. The first-order valence-corrected chi connectivity index (χ1v) is 11.9. The second-order valence-electron chi connectivity index (χ2n) is 7.54. The van der Waals surface area contributed by atoms with E-state index in [9.17, 15) is 4.79 Å². The fraction of sp³-hybridized carbons (Fsp3) is 0.762. The van der Waals surface area contributed by atoms with Gasteiger partial charge in [0.1, 0.15) is 0 Å². The van der Waals surface area contributed by atoms with Gasteiger partial charge < -0.3 is 15.5 Å². The molecule has 0 unspecified atom stereocenters. The van der Waals surface area contributed by atoms with Gasteiger partial charge in [0.05, 0.1) is 10.7 Å². The van der Waals surface area contributed by atoms with Crippen molar-refractivity contribution in [2.24, 2.45) is 10.9 Å². The van der Waals surface area contributed by atoms with Gasteiger partial charge >= 0.3 is 0 Å². The van der Waals surface area contributed by atoms with E-state index < -0.39 is 0 Å². The summed E-state index contributed by atoms with van der Waals surface area (Å²) in [5.41, 5.74) is 1.20. The van der Waals surface area contributed by atoms with E-state index in [-0.39, 0.29) is 5.91 Å². The maximum atomic E-state index is 12.1. The largest absolute Gasteiger partial charge is 0.357 e. The number of hydrogen-bond donors (Lipinski definition) is 2. The lowest BCUT2D eigenvalue weighted by Gasteiger charge is -2.30. The molecule has 0 aromatic carbocycles. The Morgan fingerprint density at radius 1 is 1.28 bits per heavy atom. The van der Waals surface area contributed by atoms with Crippen molar-refractivity contribution >= 4 is 23.2 Å². The van der Waals surface area contributed by atoms with Gasteiger partial charge in [-0.2, -0.15) is 0 Å². The van der Waals surface area contributed by atoms with Gasteiger partial charge in [0.2, 0.25) is 5.91 Å². The Morgan fingerprint density at radius 2 is 2.00 bits per heavy atom. The van der Waals surface area contributed by atoms with Gasteiger partial charge in [0, 0.05) is 51.1 Å². The van der Waals surface area contributed by atoms with Gasteiger partial charge in [-0.3, -0.25) is 14.7 Å². The van der Waals surface area contributed by atoms with Crippen LogP contribution in [0.25, 0.3) is 0 Å². The molecule has 1 aliphatic heterocycles. The fourth-order valence-corrected chi connectivity index (χ4v) is 4.23. The maximum absolute atomic E-state index is 12.1. The van der Waals surface area contributed by atoms with Crippen LogP contribution in [0.15, 0.2) is 10.4 Å². The Hall–Kier alpha value is -1.67. The molecule has 164 valence electrons. The van der Waals surface area contributed by atoms with Crippen LogP contribution < -0.4 is 10.6 Å². The summed E-state index contributed by atoms with van der Waals surface area (Å²) in [7, 11) is 0. The molecular weight excluding hydrogens is 384 g/mol. The highest BCUT2D eigenvalue weighted by atomic mass is 32.1. The lowest BCUT2D eigenvalue weighted by molar-refractivity contribution is -0.130. The predicted octanol–water partition coefficient (Wildman–Crippen LogP) is 2.48. The summed E-state index contributed by atoms with van der Waals surface area (Å²) >= 11 is 1.73. The molecule has 0 saturated carbocycles. The van der Waals surface area contributed by atoms with Crippen LogP contribution >= 0.6 is 11.3 Å². The molecule has 8 heteroatoms. The summed E-state index contributed by atoms with van der Waals surface area (Å²) in [6.07, 6.45) is 2.85. The molecule has 0 atom stereocenters.